The van der Waals surface area contributed by atoms with E-state index in [1.165, 1.54) is 7.11 Å². The van der Waals surface area contributed by atoms with E-state index in [0.717, 1.165) is 11.3 Å². The number of carbonyl (C=O) groups excluding carboxylic acids is 2. The molecule has 2 aromatic carbocycles. The number of anilines is 2. The number of amides is 2. The zero-order valence-corrected chi connectivity index (χ0v) is 16.2. The van der Waals surface area contributed by atoms with Gasteiger partial charge in [0.2, 0.25) is 11.8 Å². The summed E-state index contributed by atoms with van der Waals surface area (Å²) < 4.78 is 10.5. The van der Waals surface area contributed by atoms with Crippen molar-refractivity contribution in [1.29, 1.82) is 0 Å². The van der Waals surface area contributed by atoms with Crippen LogP contribution in [0.1, 0.15) is 12.0 Å². The Kier molecular flexibility index (Phi) is 5.56. The molecule has 0 radical (unpaired) electrons. The summed E-state index contributed by atoms with van der Waals surface area (Å²) >= 11 is 5.99. The molecule has 0 aromatic heterocycles. The van der Waals surface area contributed by atoms with Gasteiger partial charge in [0.1, 0.15) is 11.5 Å². The molecule has 1 fully saturated rings. The molecule has 2 amide bonds. The SMILES string of the molecule is COc1ccc(OC)c(NC(=O)C2CC(=O)N(c3ccc(Cl)cc3C)C2)c1. The monoisotopic (exact) mass is 388 g/mol. The van der Waals surface area contributed by atoms with Gasteiger partial charge in [-0.3, -0.25) is 9.59 Å². The summed E-state index contributed by atoms with van der Waals surface area (Å²) in [6, 6.07) is 10.5. The van der Waals surface area contributed by atoms with Gasteiger partial charge in [0.25, 0.3) is 0 Å². The Balaban J connectivity index is 1.76. The molecule has 0 spiro atoms. The van der Waals surface area contributed by atoms with Crippen molar-refractivity contribution in [3.8, 4) is 11.5 Å². The average molecular weight is 389 g/mol. The standard InChI is InChI=1S/C20H21ClN2O4/c1-12-8-14(21)4-6-17(12)23-11-13(9-19(23)24)20(25)22-16-10-15(26-2)5-7-18(16)27-3/h4-8,10,13H,9,11H2,1-3H3,(H,22,25). The van der Waals surface area contributed by atoms with Crippen LogP contribution in [-0.2, 0) is 9.59 Å². The first-order valence-corrected chi connectivity index (χ1v) is 8.90. The summed E-state index contributed by atoms with van der Waals surface area (Å²) in [5, 5.41) is 3.46. The van der Waals surface area contributed by atoms with Crippen LogP contribution in [-0.4, -0.2) is 32.6 Å². The molecule has 1 aliphatic heterocycles. The van der Waals surface area contributed by atoms with E-state index in [1.807, 2.05) is 6.92 Å². The molecule has 0 saturated carbocycles. The minimum absolute atomic E-state index is 0.0850. The predicted octanol–water partition coefficient (Wildman–Crippen LogP) is 3.66. The lowest BCUT2D eigenvalue weighted by Crippen LogP contribution is -2.28. The van der Waals surface area contributed by atoms with Crippen molar-refractivity contribution in [3.05, 3.63) is 47.0 Å². The molecule has 1 aliphatic rings. The molecule has 1 heterocycles. The quantitative estimate of drug-likeness (QED) is 0.848. The number of aryl methyl sites for hydroxylation is 1. The molecule has 3 rings (SSSR count). The van der Waals surface area contributed by atoms with E-state index in [0.29, 0.717) is 28.8 Å². The number of methoxy groups -OCH3 is 2. The van der Waals surface area contributed by atoms with Crippen LogP contribution in [0.4, 0.5) is 11.4 Å². The lowest BCUT2D eigenvalue weighted by Gasteiger charge is -2.19. The van der Waals surface area contributed by atoms with Crippen molar-refractivity contribution >= 4 is 34.8 Å². The maximum absolute atomic E-state index is 12.7. The van der Waals surface area contributed by atoms with E-state index in [2.05, 4.69) is 5.32 Å². The van der Waals surface area contributed by atoms with E-state index >= 15 is 0 Å². The van der Waals surface area contributed by atoms with E-state index in [9.17, 15) is 9.59 Å². The molecule has 2 aromatic rings. The predicted molar refractivity (Wildman–Crippen MR) is 105 cm³/mol. The minimum atomic E-state index is -0.455. The Labute approximate surface area is 163 Å². The highest BCUT2D eigenvalue weighted by atomic mass is 35.5. The molecule has 1 atom stereocenters. The number of benzene rings is 2. The molecule has 142 valence electrons. The van der Waals surface area contributed by atoms with Crippen LogP contribution < -0.4 is 19.7 Å². The highest BCUT2D eigenvalue weighted by Crippen LogP contribution is 2.32. The van der Waals surface area contributed by atoms with Gasteiger partial charge in [-0.1, -0.05) is 11.6 Å². The molecular formula is C20H21ClN2O4. The second kappa shape index (κ2) is 7.88. The molecule has 0 aliphatic carbocycles. The third-order valence-corrected chi connectivity index (χ3v) is 4.85. The first-order chi connectivity index (χ1) is 12.9. The number of hydrogen-bond acceptors (Lipinski definition) is 4. The van der Waals surface area contributed by atoms with Crippen molar-refractivity contribution in [2.24, 2.45) is 5.92 Å². The van der Waals surface area contributed by atoms with Gasteiger partial charge in [-0.15, -0.1) is 0 Å². The first kappa shape index (κ1) is 19.0. The van der Waals surface area contributed by atoms with Gasteiger partial charge in [0.15, 0.2) is 0 Å². The highest BCUT2D eigenvalue weighted by molar-refractivity contribution is 6.30. The Bertz CT molecular complexity index is 884. The molecular weight excluding hydrogens is 368 g/mol. The Morgan fingerprint density at radius 3 is 2.63 bits per heavy atom. The van der Waals surface area contributed by atoms with Crippen molar-refractivity contribution in [1.82, 2.24) is 0 Å². The van der Waals surface area contributed by atoms with Crippen molar-refractivity contribution in [2.75, 3.05) is 31.0 Å². The van der Waals surface area contributed by atoms with Crippen LogP contribution >= 0.6 is 11.6 Å². The number of halogens is 1. The molecule has 6 nitrogen and oxygen atoms in total. The third kappa shape index (κ3) is 4.01. The summed E-state index contributed by atoms with van der Waals surface area (Å²) in [5.41, 5.74) is 2.18. The van der Waals surface area contributed by atoms with Crippen LogP contribution in [0.3, 0.4) is 0 Å². The third-order valence-electron chi connectivity index (χ3n) is 4.61. The minimum Gasteiger partial charge on any atom is -0.497 e. The number of nitrogens with zero attached hydrogens (tertiary/aromatic N) is 1. The Hall–Kier alpha value is -2.73. The Morgan fingerprint density at radius 1 is 1.19 bits per heavy atom. The maximum Gasteiger partial charge on any atom is 0.229 e. The molecule has 7 heteroatoms. The molecule has 1 N–H and O–H groups in total. The van der Waals surface area contributed by atoms with Crippen LogP contribution in [0.5, 0.6) is 11.5 Å². The molecule has 0 bridgehead atoms. The van der Waals surface area contributed by atoms with Gasteiger partial charge in [-0.2, -0.15) is 0 Å². The number of ether oxygens (including phenoxy) is 2. The van der Waals surface area contributed by atoms with Gasteiger partial charge in [-0.25, -0.2) is 0 Å². The zero-order valence-electron chi connectivity index (χ0n) is 15.4. The summed E-state index contributed by atoms with van der Waals surface area (Å²) in [4.78, 5) is 26.8. The molecule has 1 saturated heterocycles. The van der Waals surface area contributed by atoms with Gasteiger partial charge < -0.3 is 19.7 Å². The molecule has 27 heavy (non-hydrogen) atoms. The fourth-order valence-corrected chi connectivity index (χ4v) is 3.41. The van der Waals surface area contributed by atoms with Crippen molar-refractivity contribution in [2.45, 2.75) is 13.3 Å². The number of carbonyl (C=O) groups is 2. The van der Waals surface area contributed by atoms with E-state index in [1.54, 1.807) is 48.4 Å². The summed E-state index contributed by atoms with van der Waals surface area (Å²) in [7, 11) is 3.08. The van der Waals surface area contributed by atoms with Crippen molar-refractivity contribution < 1.29 is 19.1 Å². The summed E-state index contributed by atoms with van der Waals surface area (Å²) in [6.07, 6.45) is 0.153. The maximum atomic E-state index is 12.7. The van der Waals surface area contributed by atoms with Crippen LogP contribution in [0.2, 0.25) is 5.02 Å². The highest BCUT2D eigenvalue weighted by Gasteiger charge is 2.36. The van der Waals surface area contributed by atoms with Gasteiger partial charge >= 0.3 is 0 Å². The second-order valence-electron chi connectivity index (χ2n) is 6.39. The lowest BCUT2D eigenvalue weighted by atomic mass is 10.1. The van der Waals surface area contributed by atoms with Crippen molar-refractivity contribution in [3.63, 3.8) is 0 Å². The van der Waals surface area contributed by atoms with Crippen LogP contribution in [0, 0.1) is 12.8 Å². The largest absolute Gasteiger partial charge is 0.497 e. The first-order valence-electron chi connectivity index (χ1n) is 8.52. The van der Waals surface area contributed by atoms with E-state index in [4.69, 9.17) is 21.1 Å². The average Bonchev–Trinajstić information content (AvgIpc) is 3.03. The topological polar surface area (TPSA) is 67.9 Å². The normalized spacial score (nSPS) is 16.4. The lowest BCUT2D eigenvalue weighted by molar-refractivity contribution is -0.122. The Morgan fingerprint density at radius 2 is 1.96 bits per heavy atom. The van der Waals surface area contributed by atoms with Crippen LogP contribution in [0.25, 0.3) is 0 Å². The number of nitrogens with one attached hydrogen (secondary N) is 1. The van der Waals surface area contributed by atoms with Crippen LogP contribution in [0.15, 0.2) is 36.4 Å². The fourth-order valence-electron chi connectivity index (χ4n) is 3.18. The zero-order chi connectivity index (χ0) is 19.6. The summed E-state index contributed by atoms with van der Waals surface area (Å²) in [5.74, 6) is 0.358. The van der Waals surface area contributed by atoms with Gasteiger partial charge in [-0.05, 0) is 42.8 Å². The van der Waals surface area contributed by atoms with E-state index in [-0.39, 0.29) is 18.2 Å². The fraction of sp³-hybridized carbons (Fsp3) is 0.300. The molecule has 1 unspecified atom stereocenters. The number of rotatable bonds is 5. The van der Waals surface area contributed by atoms with Gasteiger partial charge in [0, 0.05) is 29.7 Å². The second-order valence-corrected chi connectivity index (χ2v) is 6.83. The van der Waals surface area contributed by atoms with Gasteiger partial charge in [0.05, 0.1) is 25.8 Å². The summed E-state index contributed by atoms with van der Waals surface area (Å²) in [6.45, 7) is 2.21. The van der Waals surface area contributed by atoms with E-state index < -0.39 is 5.92 Å². The number of hydrogen-bond donors (Lipinski definition) is 1. The smallest absolute Gasteiger partial charge is 0.229 e.